The van der Waals surface area contributed by atoms with Crippen LogP contribution >= 0.6 is 11.8 Å². The Balaban J connectivity index is 2.10. The molecule has 27 heavy (non-hydrogen) atoms. The zero-order valence-corrected chi connectivity index (χ0v) is 15.7. The van der Waals surface area contributed by atoms with E-state index in [0.29, 0.717) is 16.3 Å². The number of benzene rings is 2. The summed E-state index contributed by atoms with van der Waals surface area (Å²) < 4.78 is 10.2. The molecule has 0 aliphatic rings. The van der Waals surface area contributed by atoms with Gasteiger partial charge in [0.05, 0.1) is 12.0 Å². The van der Waals surface area contributed by atoms with Gasteiger partial charge >= 0.3 is 5.97 Å². The maximum absolute atomic E-state index is 12.4. The summed E-state index contributed by atoms with van der Waals surface area (Å²) in [4.78, 5) is 35.7. The average molecular weight is 390 g/mol. The third kappa shape index (κ3) is 5.20. The van der Waals surface area contributed by atoms with E-state index in [4.69, 9.17) is 9.47 Å². The van der Waals surface area contributed by atoms with Crippen molar-refractivity contribution in [3.63, 3.8) is 0 Å². The van der Waals surface area contributed by atoms with Crippen LogP contribution in [0.4, 0.5) is 11.4 Å². The Labute approximate surface area is 160 Å². The molecule has 8 nitrogen and oxygen atoms in total. The molecule has 0 aliphatic carbocycles. The second kappa shape index (κ2) is 9.04. The summed E-state index contributed by atoms with van der Waals surface area (Å²) in [5, 5.41) is 13.7. The Bertz CT molecular complexity index is 853. The quantitative estimate of drug-likeness (QED) is 0.333. The monoisotopic (exact) mass is 390 g/mol. The predicted molar refractivity (Wildman–Crippen MR) is 101 cm³/mol. The Morgan fingerprint density at radius 1 is 1.19 bits per heavy atom. The molecule has 2 aromatic carbocycles. The normalized spacial score (nSPS) is 11.4. The molecule has 0 saturated heterocycles. The van der Waals surface area contributed by atoms with Gasteiger partial charge in [0.25, 0.3) is 11.6 Å². The van der Waals surface area contributed by atoms with Gasteiger partial charge in [-0.1, -0.05) is 0 Å². The number of nitrogens with zero attached hydrogens (tertiary/aromatic N) is 1. The van der Waals surface area contributed by atoms with Gasteiger partial charge in [0.1, 0.15) is 11.3 Å². The number of carbonyl (C=O) groups is 2. The summed E-state index contributed by atoms with van der Waals surface area (Å²) in [6.07, 6.45) is 0.637. The van der Waals surface area contributed by atoms with Gasteiger partial charge in [0.15, 0.2) is 6.10 Å². The second-order valence-electron chi connectivity index (χ2n) is 5.41. The summed E-state index contributed by atoms with van der Waals surface area (Å²) in [6, 6.07) is 10.8. The molecule has 1 N–H and O–H groups in total. The van der Waals surface area contributed by atoms with Gasteiger partial charge in [-0.05, 0) is 49.6 Å². The van der Waals surface area contributed by atoms with Crippen molar-refractivity contribution in [1.82, 2.24) is 0 Å². The molecule has 2 rings (SSSR count). The lowest BCUT2D eigenvalue weighted by atomic mass is 10.2. The minimum absolute atomic E-state index is 0.198. The fraction of sp³-hybridized carbons (Fsp3) is 0.222. The van der Waals surface area contributed by atoms with Gasteiger partial charge in [-0.15, -0.1) is 11.8 Å². The van der Waals surface area contributed by atoms with E-state index in [9.17, 15) is 19.7 Å². The first-order valence-electron chi connectivity index (χ1n) is 7.84. The van der Waals surface area contributed by atoms with Crippen LogP contribution in [0.15, 0.2) is 47.4 Å². The van der Waals surface area contributed by atoms with Crippen molar-refractivity contribution in [3.05, 3.63) is 58.1 Å². The van der Waals surface area contributed by atoms with Gasteiger partial charge < -0.3 is 14.8 Å². The lowest BCUT2D eigenvalue weighted by Crippen LogP contribution is -2.30. The lowest BCUT2D eigenvalue weighted by molar-refractivity contribution is -0.385. The SMILES string of the molecule is COc1ccc(NC(=O)C(C)OC(=O)c2cc(SC)ccc2[N+](=O)[O-])cc1. The molecule has 142 valence electrons. The van der Waals surface area contributed by atoms with E-state index in [2.05, 4.69) is 5.32 Å². The highest BCUT2D eigenvalue weighted by Crippen LogP contribution is 2.26. The van der Waals surface area contributed by atoms with Crippen LogP contribution in [0.2, 0.25) is 0 Å². The van der Waals surface area contributed by atoms with E-state index in [1.165, 1.54) is 37.9 Å². The summed E-state index contributed by atoms with van der Waals surface area (Å²) in [5.74, 6) is -0.861. The second-order valence-corrected chi connectivity index (χ2v) is 6.29. The van der Waals surface area contributed by atoms with Gasteiger partial charge in [-0.25, -0.2) is 4.79 Å². The fourth-order valence-corrected chi connectivity index (χ4v) is 2.60. The lowest BCUT2D eigenvalue weighted by Gasteiger charge is -2.14. The highest BCUT2D eigenvalue weighted by atomic mass is 32.2. The van der Waals surface area contributed by atoms with Crippen LogP contribution in [0.1, 0.15) is 17.3 Å². The first-order chi connectivity index (χ1) is 12.8. The molecular weight excluding hydrogens is 372 g/mol. The van der Waals surface area contributed by atoms with Crippen LogP contribution in [-0.4, -0.2) is 36.3 Å². The van der Waals surface area contributed by atoms with Gasteiger partial charge in [-0.2, -0.15) is 0 Å². The summed E-state index contributed by atoms with van der Waals surface area (Å²) in [6.45, 7) is 1.39. The summed E-state index contributed by atoms with van der Waals surface area (Å²) in [5.41, 5.74) is -0.0735. The smallest absolute Gasteiger partial charge is 0.345 e. The molecule has 0 aromatic heterocycles. The van der Waals surface area contributed by atoms with Gasteiger partial charge in [-0.3, -0.25) is 14.9 Å². The standard InChI is InChI=1S/C18H18N2O6S/c1-11(17(21)19-12-4-6-13(25-2)7-5-12)26-18(22)15-10-14(27-3)8-9-16(15)20(23)24/h4-11H,1-3H3,(H,19,21). The number of ether oxygens (including phenoxy) is 2. The maximum atomic E-state index is 12.4. The van der Waals surface area contributed by atoms with Crippen molar-refractivity contribution >= 4 is 35.0 Å². The van der Waals surface area contributed by atoms with Gasteiger partial charge in [0.2, 0.25) is 0 Å². The number of amides is 1. The van der Waals surface area contributed by atoms with E-state index in [1.54, 1.807) is 36.6 Å². The molecule has 0 fully saturated rings. The van der Waals surface area contributed by atoms with Crippen molar-refractivity contribution in [3.8, 4) is 5.75 Å². The molecule has 9 heteroatoms. The number of nitro groups is 1. The number of nitro benzene ring substituents is 1. The molecule has 1 atom stereocenters. The molecule has 0 bridgehead atoms. The number of rotatable bonds is 7. The third-order valence-corrected chi connectivity index (χ3v) is 4.36. The Kier molecular flexibility index (Phi) is 6.78. The zero-order valence-electron chi connectivity index (χ0n) is 14.9. The van der Waals surface area contributed by atoms with Crippen molar-refractivity contribution in [2.24, 2.45) is 0 Å². The molecule has 1 unspecified atom stereocenters. The summed E-state index contributed by atoms with van der Waals surface area (Å²) in [7, 11) is 1.53. The van der Waals surface area contributed by atoms with Crippen LogP contribution in [0, 0.1) is 10.1 Å². The first-order valence-corrected chi connectivity index (χ1v) is 9.06. The van der Waals surface area contributed by atoms with Crippen LogP contribution in [0.3, 0.4) is 0 Å². The number of anilines is 1. The Morgan fingerprint density at radius 3 is 2.41 bits per heavy atom. The minimum atomic E-state index is -1.14. The van der Waals surface area contributed by atoms with Gasteiger partial charge in [0, 0.05) is 16.6 Å². The van der Waals surface area contributed by atoms with Crippen LogP contribution in [-0.2, 0) is 9.53 Å². The highest BCUT2D eigenvalue weighted by Gasteiger charge is 2.26. The molecule has 0 heterocycles. The van der Waals surface area contributed by atoms with Crippen LogP contribution in [0.5, 0.6) is 5.75 Å². The molecular formula is C18H18N2O6S. The predicted octanol–water partition coefficient (Wildman–Crippen LogP) is 3.51. The molecule has 1 amide bonds. The number of hydrogen-bond acceptors (Lipinski definition) is 7. The topological polar surface area (TPSA) is 108 Å². The van der Waals surface area contributed by atoms with E-state index in [1.807, 2.05) is 0 Å². The highest BCUT2D eigenvalue weighted by molar-refractivity contribution is 7.98. The van der Waals surface area contributed by atoms with Crippen molar-refractivity contribution in [2.45, 2.75) is 17.9 Å². The number of methoxy groups -OCH3 is 1. The number of hydrogen-bond donors (Lipinski definition) is 1. The van der Waals surface area contributed by atoms with E-state index < -0.39 is 22.9 Å². The minimum Gasteiger partial charge on any atom is -0.497 e. The van der Waals surface area contributed by atoms with E-state index in [0.717, 1.165) is 0 Å². The van der Waals surface area contributed by atoms with Crippen molar-refractivity contribution < 1.29 is 24.0 Å². The molecule has 2 aromatic rings. The van der Waals surface area contributed by atoms with Crippen molar-refractivity contribution in [2.75, 3.05) is 18.7 Å². The zero-order chi connectivity index (χ0) is 20.0. The Hall–Kier alpha value is -3.07. The van der Waals surface area contributed by atoms with E-state index >= 15 is 0 Å². The summed E-state index contributed by atoms with van der Waals surface area (Å²) >= 11 is 1.33. The van der Waals surface area contributed by atoms with Crippen LogP contribution in [0.25, 0.3) is 0 Å². The molecule has 0 aliphatic heterocycles. The maximum Gasteiger partial charge on any atom is 0.345 e. The van der Waals surface area contributed by atoms with E-state index in [-0.39, 0.29) is 11.3 Å². The molecule has 0 radical (unpaired) electrons. The fourth-order valence-electron chi connectivity index (χ4n) is 2.16. The van der Waals surface area contributed by atoms with Crippen molar-refractivity contribution in [1.29, 1.82) is 0 Å². The number of thioether (sulfide) groups is 1. The number of nitrogens with one attached hydrogen (secondary N) is 1. The first kappa shape index (κ1) is 20.2. The average Bonchev–Trinajstić information content (AvgIpc) is 2.67. The largest absolute Gasteiger partial charge is 0.497 e. The molecule has 0 saturated carbocycles. The number of esters is 1. The number of carbonyl (C=O) groups excluding carboxylic acids is 2. The molecule has 0 spiro atoms. The Morgan fingerprint density at radius 2 is 1.85 bits per heavy atom. The third-order valence-electron chi connectivity index (χ3n) is 3.63. The van der Waals surface area contributed by atoms with Crippen LogP contribution < -0.4 is 10.1 Å².